The summed E-state index contributed by atoms with van der Waals surface area (Å²) in [6, 6.07) is 14.5. The molecule has 2 aromatic rings. The molecule has 1 heterocycles. The molecule has 1 aliphatic heterocycles. The largest absolute Gasteiger partial charge is 0.484 e. The van der Waals surface area contributed by atoms with Gasteiger partial charge in [0.15, 0.2) is 6.61 Å². The van der Waals surface area contributed by atoms with E-state index in [0.717, 1.165) is 5.56 Å². The van der Waals surface area contributed by atoms with Gasteiger partial charge in [0, 0.05) is 36.8 Å². The summed E-state index contributed by atoms with van der Waals surface area (Å²) in [5, 5.41) is 5.89. The quantitative estimate of drug-likeness (QED) is 0.642. The Bertz CT molecular complexity index is 967. The fraction of sp³-hybridized carbons (Fsp3) is 0.423. The number of likely N-dealkylation sites (tertiary alicyclic amines) is 1. The highest BCUT2D eigenvalue weighted by atomic mass is 16.5. The van der Waals surface area contributed by atoms with Crippen molar-refractivity contribution < 1.29 is 19.1 Å². The molecule has 0 atom stereocenters. The standard InChI is InChI=1S/C26H33N3O4/c1-18(2)16-27-25(31)21-9-10-23(19(3)15-21)28-26(32)20-11-13-29(14-12-20)24(30)17-33-22-7-5-4-6-8-22/h4-10,15,18,20H,11-14,16-17H2,1-3H3,(H,27,31)(H,28,32). The third kappa shape index (κ3) is 7.07. The molecule has 0 saturated carbocycles. The van der Waals surface area contributed by atoms with E-state index in [2.05, 4.69) is 10.6 Å². The van der Waals surface area contributed by atoms with Crippen LogP contribution in [-0.2, 0) is 9.59 Å². The molecule has 0 radical (unpaired) electrons. The van der Waals surface area contributed by atoms with Gasteiger partial charge in [-0.25, -0.2) is 0 Å². The number of benzene rings is 2. The van der Waals surface area contributed by atoms with Gasteiger partial charge in [0.25, 0.3) is 11.8 Å². The van der Waals surface area contributed by atoms with E-state index >= 15 is 0 Å². The van der Waals surface area contributed by atoms with Crippen molar-refractivity contribution in [1.29, 1.82) is 0 Å². The highest BCUT2D eigenvalue weighted by Crippen LogP contribution is 2.22. The molecule has 2 aromatic carbocycles. The van der Waals surface area contributed by atoms with E-state index in [9.17, 15) is 14.4 Å². The summed E-state index contributed by atoms with van der Waals surface area (Å²) in [5.41, 5.74) is 2.12. The molecule has 2 N–H and O–H groups in total. The van der Waals surface area contributed by atoms with Gasteiger partial charge in [-0.1, -0.05) is 32.0 Å². The number of anilines is 1. The van der Waals surface area contributed by atoms with Crippen molar-refractivity contribution in [2.24, 2.45) is 11.8 Å². The number of nitrogens with zero attached hydrogens (tertiary/aromatic N) is 1. The van der Waals surface area contributed by atoms with Gasteiger partial charge >= 0.3 is 0 Å². The molecule has 176 valence electrons. The van der Waals surface area contributed by atoms with E-state index in [1.807, 2.05) is 51.1 Å². The lowest BCUT2D eigenvalue weighted by atomic mass is 9.95. The van der Waals surface area contributed by atoms with Crippen molar-refractivity contribution in [1.82, 2.24) is 10.2 Å². The Kier molecular flexibility index (Phi) is 8.46. The molecular formula is C26H33N3O4. The van der Waals surface area contributed by atoms with E-state index in [4.69, 9.17) is 4.74 Å². The normalized spacial score (nSPS) is 14.1. The molecule has 33 heavy (non-hydrogen) atoms. The fourth-order valence-corrected chi connectivity index (χ4v) is 3.72. The van der Waals surface area contributed by atoms with Gasteiger partial charge in [0.2, 0.25) is 5.91 Å². The van der Waals surface area contributed by atoms with Crippen LogP contribution in [-0.4, -0.2) is 48.9 Å². The van der Waals surface area contributed by atoms with Crippen molar-refractivity contribution in [3.05, 3.63) is 59.7 Å². The van der Waals surface area contributed by atoms with Gasteiger partial charge in [0.05, 0.1) is 0 Å². The maximum Gasteiger partial charge on any atom is 0.260 e. The van der Waals surface area contributed by atoms with Crippen LogP contribution in [0.4, 0.5) is 5.69 Å². The van der Waals surface area contributed by atoms with Crippen LogP contribution in [0.15, 0.2) is 48.5 Å². The van der Waals surface area contributed by atoms with Crippen LogP contribution in [0.25, 0.3) is 0 Å². The SMILES string of the molecule is Cc1cc(C(=O)NCC(C)C)ccc1NC(=O)C1CCN(C(=O)COc2ccccc2)CC1. The summed E-state index contributed by atoms with van der Waals surface area (Å²) in [6.07, 6.45) is 1.22. The van der Waals surface area contributed by atoms with Crippen LogP contribution in [0.1, 0.15) is 42.6 Å². The zero-order chi connectivity index (χ0) is 23.8. The van der Waals surface area contributed by atoms with Crippen molar-refractivity contribution >= 4 is 23.4 Å². The second-order valence-corrected chi connectivity index (χ2v) is 8.88. The molecular weight excluding hydrogens is 418 g/mol. The number of amides is 3. The van der Waals surface area contributed by atoms with Crippen molar-refractivity contribution in [2.45, 2.75) is 33.6 Å². The number of rotatable bonds is 8. The van der Waals surface area contributed by atoms with E-state index in [1.54, 1.807) is 23.1 Å². The summed E-state index contributed by atoms with van der Waals surface area (Å²) in [5.74, 6) is 0.656. The minimum Gasteiger partial charge on any atom is -0.484 e. The third-order valence-corrected chi connectivity index (χ3v) is 5.74. The van der Waals surface area contributed by atoms with E-state index in [1.165, 1.54) is 0 Å². The molecule has 0 spiro atoms. The third-order valence-electron chi connectivity index (χ3n) is 5.74. The monoisotopic (exact) mass is 451 g/mol. The number of carbonyl (C=O) groups excluding carboxylic acids is 3. The molecule has 1 aliphatic rings. The second kappa shape index (κ2) is 11.5. The number of para-hydroxylation sites is 1. The Morgan fingerprint density at radius 3 is 2.39 bits per heavy atom. The molecule has 7 nitrogen and oxygen atoms in total. The van der Waals surface area contributed by atoms with E-state index in [0.29, 0.717) is 55.4 Å². The second-order valence-electron chi connectivity index (χ2n) is 8.88. The van der Waals surface area contributed by atoms with Crippen LogP contribution in [0.2, 0.25) is 0 Å². The van der Waals surface area contributed by atoms with Gasteiger partial charge in [-0.3, -0.25) is 14.4 Å². The average molecular weight is 452 g/mol. The first-order valence-electron chi connectivity index (χ1n) is 11.5. The van der Waals surface area contributed by atoms with Crippen molar-refractivity contribution in [3.8, 4) is 5.75 Å². The van der Waals surface area contributed by atoms with Crippen LogP contribution in [0.5, 0.6) is 5.75 Å². The molecule has 1 fully saturated rings. The van der Waals surface area contributed by atoms with E-state index < -0.39 is 0 Å². The summed E-state index contributed by atoms with van der Waals surface area (Å²) < 4.78 is 5.54. The minimum atomic E-state index is -0.155. The zero-order valence-corrected chi connectivity index (χ0v) is 19.6. The smallest absolute Gasteiger partial charge is 0.260 e. The number of hydrogen-bond acceptors (Lipinski definition) is 4. The summed E-state index contributed by atoms with van der Waals surface area (Å²) in [4.78, 5) is 39.2. The lowest BCUT2D eigenvalue weighted by molar-refractivity contribution is -0.136. The summed E-state index contributed by atoms with van der Waals surface area (Å²) in [6.45, 7) is 7.65. The highest BCUT2D eigenvalue weighted by molar-refractivity contribution is 5.97. The van der Waals surface area contributed by atoms with Crippen LogP contribution in [0.3, 0.4) is 0 Å². The maximum atomic E-state index is 12.8. The van der Waals surface area contributed by atoms with Gasteiger partial charge in [-0.05, 0) is 61.6 Å². The number of ether oxygens (including phenoxy) is 1. The predicted molar refractivity (Wildman–Crippen MR) is 128 cm³/mol. The number of piperidine rings is 1. The first-order chi connectivity index (χ1) is 15.8. The van der Waals surface area contributed by atoms with Gasteiger partial charge in [0.1, 0.15) is 5.75 Å². The Morgan fingerprint density at radius 2 is 1.76 bits per heavy atom. The summed E-state index contributed by atoms with van der Waals surface area (Å²) in [7, 11) is 0. The van der Waals surface area contributed by atoms with Crippen LogP contribution in [0, 0.1) is 18.8 Å². The topological polar surface area (TPSA) is 87.7 Å². The summed E-state index contributed by atoms with van der Waals surface area (Å²) >= 11 is 0. The van der Waals surface area contributed by atoms with Gasteiger partial charge in [-0.2, -0.15) is 0 Å². The minimum absolute atomic E-state index is 0.00281. The Hall–Kier alpha value is -3.35. The first-order valence-corrected chi connectivity index (χ1v) is 11.5. The van der Waals surface area contributed by atoms with Crippen molar-refractivity contribution in [3.63, 3.8) is 0 Å². The predicted octanol–water partition coefficient (Wildman–Crippen LogP) is 3.64. The number of nitrogens with one attached hydrogen (secondary N) is 2. The van der Waals surface area contributed by atoms with Crippen LogP contribution < -0.4 is 15.4 Å². The molecule has 0 aromatic heterocycles. The average Bonchev–Trinajstić information content (AvgIpc) is 2.83. The molecule has 0 aliphatic carbocycles. The molecule has 1 saturated heterocycles. The molecule has 7 heteroatoms. The Morgan fingerprint density at radius 1 is 1.06 bits per heavy atom. The molecule has 3 rings (SSSR count). The zero-order valence-electron chi connectivity index (χ0n) is 19.6. The Labute approximate surface area is 195 Å². The Balaban J connectivity index is 1.46. The first kappa shape index (κ1) is 24.3. The van der Waals surface area contributed by atoms with Crippen molar-refractivity contribution in [2.75, 3.05) is 31.6 Å². The van der Waals surface area contributed by atoms with Gasteiger partial charge < -0.3 is 20.3 Å². The fourth-order valence-electron chi connectivity index (χ4n) is 3.72. The van der Waals surface area contributed by atoms with E-state index in [-0.39, 0.29) is 30.2 Å². The highest BCUT2D eigenvalue weighted by Gasteiger charge is 2.27. The molecule has 3 amide bonds. The number of hydrogen-bond donors (Lipinski definition) is 2. The number of carbonyl (C=O) groups is 3. The number of aryl methyl sites for hydroxylation is 1. The molecule has 0 unspecified atom stereocenters. The lowest BCUT2D eigenvalue weighted by Crippen LogP contribution is -2.43. The van der Waals surface area contributed by atoms with Gasteiger partial charge in [-0.15, -0.1) is 0 Å². The lowest BCUT2D eigenvalue weighted by Gasteiger charge is -2.31. The maximum absolute atomic E-state index is 12.8. The molecule has 0 bridgehead atoms. The van der Waals surface area contributed by atoms with Crippen LogP contribution >= 0.6 is 0 Å².